The van der Waals surface area contributed by atoms with Crippen LogP contribution in [0.25, 0.3) is 0 Å². The maximum absolute atomic E-state index is 5.44. The van der Waals surface area contributed by atoms with Crippen molar-refractivity contribution in [2.45, 2.75) is 19.8 Å². The molecule has 0 N–H and O–H groups in total. The Kier molecular flexibility index (Phi) is 4.46. The highest BCUT2D eigenvalue weighted by Gasteiger charge is 2.16. The number of hydrogen-bond acceptors (Lipinski definition) is 4. The Labute approximate surface area is 125 Å². The third-order valence-electron chi connectivity index (χ3n) is 3.80. The van der Waals surface area contributed by atoms with Gasteiger partial charge in [0.25, 0.3) is 0 Å². The molecule has 21 heavy (non-hydrogen) atoms. The van der Waals surface area contributed by atoms with Crippen LogP contribution >= 0.6 is 0 Å². The van der Waals surface area contributed by atoms with Crippen LogP contribution in [-0.4, -0.2) is 36.3 Å². The highest BCUT2D eigenvalue weighted by atomic mass is 16.5. The van der Waals surface area contributed by atoms with Gasteiger partial charge in [-0.1, -0.05) is 30.3 Å². The lowest BCUT2D eigenvalue weighted by molar-refractivity contribution is 0.122. The molecule has 2 aromatic rings. The summed E-state index contributed by atoms with van der Waals surface area (Å²) in [6.07, 6.45) is 3.97. The van der Waals surface area contributed by atoms with Gasteiger partial charge in [0.05, 0.1) is 13.2 Å². The van der Waals surface area contributed by atoms with Gasteiger partial charge in [-0.2, -0.15) is 0 Å². The number of nitrogens with zero attached hydrogens (tertiary/aromatic N) is 3. The molecule has 0 radical (unpaired) electrons. The Balaban J connectivity index is 1.77. The van der Waals surface area contributed by atoms with E-state index in [4.69, 9.17) is 4.74 Å². The average molecular weight is 283 g/mol. The van der Waals surface area contributed by atoms with Gasteiger partial charge in [0.1, 0.15) is 11.6 Å². The third kappa shape index (κ3) is 3.58. The molecular weight excluding hydrogens is 262 g/mol. The van der Waals surface area contributed by atoms with Crippen molar-refractivity contribution in [1.82, 2.24) is 9.97 Å². The summed E-state index contributed by atoms with van der Waals surface area (Å²) in [5.74, 6) is 1.92. The van der Waals surface area contributed by atoms with Gasteiger partial charge in [0, 0.05) is 24.8 Å². The second kappa shape index (κ2) is 6.68. The molecule has 0 bridgehead atoms. The first-order chi connectivity index (χ1) is 10.3. The van der Waals surface area contributed by atoms with Gasteiger partial charge in [0.2, 0.25) is 0 Å². The van der Waals surface area contributed by atoms with Crippen molar-refractivity contribution in [3.8, 4) is 0 Å². The van der Waals surface area contributed by atoms with Crippen molar-refractivity contribution in [3.63, 3.8) is 0 Å². The summed E-state index contributed by atoms with van der Waals surface area (Å²) in [4.78, 5) is 11.4. The highest BCUT2D eigenvalue weighted by Crippen LogP contribution is 2.20. The number of aryl methyl sites for hydroxylation is 3. The lowest BCUT2D eigenvalue weighted by Gasteiger charge is -2.29. The van der Waals surface area contributed by atoms with Crippen LogP contribution in [0.5, 0.6) is 0 Å². The topological polar surface area (TPSA) is 38.2 Å². The van der Waals surface area contributed by atoms with Crippen molar-refractivity contribution >= 4 is 5.82 Å². The molecule has 0 saturated carbocycles. The summed E-state index contributed by atoms with van der Waals surface area (Å²) in [5.41, 5.74) is 2.58. The van der Waals surface area contributed by atoms with Gasteiger partial charge in [-0.25, -0.2) is 9.97 Å². The van der Waals surface area contributed by atoms with Crippen LogP contribution in [0, 0.1) is 6.92 Å². The zero-order valence-electron chi connectivity index (χ0n) is 12.5. The van der Waals surface area contributed by atoms with E-state index in [1.165, 1.54) is 11.1 Å². The van der Waals surface area contributed by atoms with E-state index in [-0.39, 0.29) is 0 Å². The Morgan fingerprint density at radius 2 is 1.86 bits per heavy atom. The van der Waals surface area contributed by atoms with Crippen molar-refractivity contribution in [3.05, 3.63) is 53.5 Å². The van der Waals surface area contributed by atoms with Gasteiger partial charge in [0.15, 0.2) is 0 Å². The molecule has 1 fully saturated rings. The fourth-order valence-electron chi connectivity index (χ4n) is 2.63. The minimum absolute atomic E-state index is 0.779. The van der Waals surface area contributed by atoms with E-state index in [9.17, 15) is 0 Å². The number of benzene rings is 1. The molecule has 0 amide bonds. The van der Waals surface area contributed by atoms with E-state index in [1.807, 2.05) is 13.1 Å². The van der Waals surface area contributed by atoms with E-state index in [0.29, 0.717) is 0 Å². The summed E-state index contributed by atoms with van der Waals surface area (Å²) in [7, 11) is 0. The standard InChI is InChI=1S/C17H21N3O/c1-14-18-13-16(8-7-15-5-3-2-4-6-15)17(19-14)20-9-11-21-12-10-20/h2-6,13H,7-12H2,1H3. The second-order valence-corrected chi connectivity index (χ2v) is 5.35. The monoisotopic (exact) mass is 283 g/mol. The van der Waals surface area contributed by atoms with Gasteiger partial charge in [-0.3, -0.25) is 0 Å². The van der Waals surface area contributed by atoms with E-state index in [1.54, 1.807) is 0 Å². The lowest BCUT2D eigenvalue weighted by Crippen LogP contribution is -2.37. The van der Waals surface area contributed by atoms with E-state index < -0.39 is 0 Å². The summed E-state index contributed by atoms with van der Waals surface area (Å²) in [6.45, 7) is 5.33. The highest BCUT2D eigenvalue weighted by molar-refractivity contribution is 5.46. The Morgan fingerprint density at radius 3 is 2.62 bits per heavy atom. The van der Waals surface area contributed by atoms with Crippen molar-refractivity contribution < 1.29 is 4.74 Å². The van der Waals surface area contributed by atoms with Crippen LogP contribution in [0.15, 0.2) is 36.5 Å². The molecular formula is C17H21N3O. The van der Waals surface area contributed by atoms with Crippen molar-refractivity contribution in [1.29, 1.82) is 0 Å². The average Bonchev–Trinajstić information content (AvgIpc) is 2.55. The summed E-state index contributed by atoms with van der Waals surface area (Å²) in [5, 5.41) is 0. The molecule has 1 aromatic carbocycles. The molecule has 3 rings (SSSR count). The molecule has 4 heteroatoms. The van der Waals surface area contributed by atoms with Gasteiger partial charge in [-0.15, -0.1) is 0 Å². The van der Waals surface area contributed by atoms with Crippen LogP contribution in [0.2, 0.25) is 0 Å². The minimum Gasteiger partial charge on any atom is -0.378 e. The van der Waals surface area contributed by atoms with E-state index in [0.717, 1.165) is 50.8 Å². The largest absolute Gasteiger partial charge is 0.378 e. The maximum Gasteiger partial charge on any atom is 0.135 e. The Morgan fingerprint density at radius 1 is 1.10 bits per heavy atom. The Bertz CT molecular complexity index is 580. The first-order valence-electron chi connectivity index (χ1n) is 7.52. The third-order valence-corrected chi connectivity index (χ3v) is 3.80. The normalized spacial score (nSPS) is 15.2. The van der Waals surface area contributed by atoms with Crippen LogP contribution in [0.1, 0.15) is 17.0 Å². The minimum atomic E-state index is 0.779. The fourth-order valence-corrected chi connectivity index (χ4v) is 2.63. The first-order valence-corrected chi connectivity index (χ1v) is 7.52. The zero-order chi connectivity index (χ0) is 14.5. The number of rotatable bonds is 4. The molecule has 4 nitrogen and oxygen atoms in total. The SMILES string of the molecule is Cc1ncc(CCc2ccccc2)c(N2CCOCC2)n1. The number of anilines is 1. The van der Waals surface area contributed by atoms with Crippen LogP contribution in [-0.2, 0) is 17.6 Å². The van der Waals surface area contributed by atoms with Crippen LogP contribution < -0.4 is 4.90 Å². The summed E-state index contributed by atoms with van der Waals surface area (Å²) in [6, 6.07) is 10.6. The van der Waals surface area contributed by atoms with Gasteiger partial charge in [-0.05, 0) is 25.3 Å². The number of aromatic nitrogens is 2. The smallest absolute Gasteiger partial charge is 0.135 e. The zero-order valence-corrected chi connectivity index (χ0v) is 12.5. The molecule has 0 spiro atoms. The van der Waals surface area contributed by atoms with Gasteiger partial charge < -0.3 is 9.64 Å². The first kappa shape index (κ1) is 14.0. The molecule has 0 aliphatic carbocycles. The molecule has 1 aromatic heterocycles. The molecule has 1 saturated heterocycles. The molecule has 2 heterocycles. The quantitative estimate of drug-likeness (QED) is 0.863. The predicted octanol–water partition coefficient (Wildman–Crippen LogP) is 2.41. The number of ether oxygens (including phenoxy) is 1. The van der Waals surface area contributed by atoms with Crippen molar-refractivity contribution in [2.75, 3.05) is 31.2 Å². The summed E-state index contributed by atoms with van der Waals surface area (Å²) >= 11 is 0. The Hall–Kier alpha value is -1.94. The van der Waals surface area contributed by atoms with Crippen LogP contribution in [0.4, 0.5) is 5.82 Å². The number of morpholine rings is 1. The number of hydrogen-bond donors (Lipinski definition) is 0. The van der Waals surface area contributed by atoms with Crippen molar-refractivity contribution in [2.24, 2.45) is 0 Å². The molecule has 1 aliphatic rings. The summed E-state index contributed by atoms with van der Waals surface area (Å²) < 4.78 is 5.44. The van der Waals surface area contributed by atoms with E-state index in [2.05, 4.69) is 45.2 Å². The van der Waals surface area contributed by atoms with E-state index >= 15 is 0 Å². The van der Waals surface area contributed by atoms with Crippen LogP contribution in [0.3, 0.4) is 0 Å². The maximum atomic E-state index is 5.44. The predicted molar refractivity (Wildman–Crippen MR) is 83.7 cm³/mol. The molecule has 0 unspecified atom stereocenters. The molecule has 1 aliphatic heterocycles. The molecule has 0 atom stereocenters. The van der Waals surface area contributed by atoms with Gasteiger partial charge >= 0.3 is 0 Å². The molecule has 110 valence electrons. The fraction of sp³-hybridized carbons (Fsp3) is 0.412. The lowest BCUT2D eigenvalue weighted by atomic mass is 10.1. The second-order valence-electron chi connectivity index (χ2n) is 5.35.